The van der Waals surface area contributed by atoms with E-state index in [1.165, 1.54) is 47.3 Å². The Morgan fingerprint density at radius 2 is 1.20 bits per heavy atom. The molecule has 0 amide bonds. The predicted molar refractivity (Wildman–Crippen MR) is 306 cm³/mol. The van der Waals surface area contributed by atoms with Gasteiger partial charge in [0.15, 0.2) is 28.9 Å². The average Bonchev–Trinajstić information content (AvgIpc) is 1.64. The van der Waals surface area contributed by atoms with Crippen LogP contribution in [-0.2, 0) is 55.3 Å². The topological polar surface area (TPSA) is 769 Å². The number of nitrogens with two attached hydrogens (primary N) is 3. The molecule has 0 aromatic carbocycles. The van der Waals surface area contributed by atoms with Crippen LogP contribution < -0.4 is 59.3 Å². The Hall–Kier alpha value is -7.05. The van der Waals surface area contributed by atoms with Crippen molar-refractivity contribution < 1.29 is 118 Å². The highest BCUT2D eigenvalue weighted by Gasteiger charge is 2.48. The summed E-state index contributed by atoms with van der Waals surface area (Å²) in [6.45, 7) is -3.10. The fourth-order valence-corrected chi connectivity index (χ4v) is 11.1. The summed E-state index contributed by atoms with van der Waals surface area (Å²) in [6.07, 6.45) is -8.27. The first-order valence-corrected chi connectivity index (χ1v) is 32.7. The van der Waals surface area contributed by atoms with Crippen LogP contribution >= 0.6 is 43.9 Å². The number of nitrogen functional groups attached to an aromatic ring is 3. The monoisotopic (exact) mass is 1450 g/mol. The van der Waals surface area contributed by atoms with Crippen LogP contribution in [0.5, 0.6) is 0 Å². The van der Waals surface area contributed by atoms with E-state index in [0.717, 1.165) is 15.3 Å². The van der Waals surface area contributed by atoms with Gasteiger partial charge in [0.1, 0.15) is 66.8 Å². The van der Waals surface area contributed by atoms with Crippen molar-refractivity contribution >= 4 is 83.8 Å². The van der Waals surface area contributed by atoms with Gasteiger partial charge in [-0.2, -0.15) is 22.6 Å². The van der Waals surface area contributed by atoms with Crippen LogP contribution in [0, 0.1) is 18.8 Å². The molecule has 0 spiro atoms. The number of rotatable bonds is 19. The second kappa shape index (κ2) is 31.0. The number of hydrogen-bond acceptors (Lipinski definition) is 36. The second-order valence-electron chi connectivity index (χ2n) is 20.0. The van der Waals surface area contributed by atoms with Gasteiger partial charge in [-0.25, -0.2) is 29.5 Å². The van der Waals surface area contributed by atoms with Crippen molar-refractivity contribution in [3.05, 3.63) is 106 Å². The minimum Gasteiger partial charge on any atom is -0.756 e. The molecule has 0 saturated carbocycles. The van der Waals surface area contributed by atoms with Gasteiger partial charge in [0, 0.05) is 48.9 Å². The number of aliphatic hydroxyl groups is 4. The van der Waals surface area contributed by atoms with Gasteiger partial charge in [-0.1, -0.05) is 17.1 Å². The maximum absolute atomic E-state index is 11.9. The number of thiol groups is 1. The number of fused-ring (bicyclic) bond motifs is 2. The molecule has 4 aliphatic rings. The number of phosphoric ester groups is 4. The van der Waals surface area contributed by atoms with E-state index in [-0.39, 0.29) is 40.9 Å². The summed E-state index contributed by atoms with van der Waals surface area (Å²) in [6, 6.07) is 0.0295. The van der Waals surface area contributed by atoms with Crippen LogP contribution in [0.4, 0.5) is 17.6 Å². The Morgan fingerprint density at radius 3 is 1.76 bits per heavy atom. The molecule has 95 heavy (non-hydrogen) atoms. The fourth-order valence-electron chi connectivity index (χ4n) is 9.33. The zero-order valence-electron chi connectivity index (χ0n) is 49.7. The van der Waals surface area contributed by atoms with Crippen molar-refractivity contribution in [3.63, 3.8) is 0 Å². The zero-order valence-corrected chi connectivity index (χ0v) is 52.2. The van der Waals surface area contributed by atoms with E-state index >= 15 is 0 Å². The average molecular weight is 1450 g/mol. The lowest BCUT2D eigenvalue weighted by molar-refractivity contribution is -0.224. The van der Waals surface area contributed by atoms with Crippen molar-refractivity contribution in [3.8, 4) is 0 Å². The van der Waals surface area contributed by atoms with Crippen LogP contribution in [0.3, 0.4) is 0 Å². The van der Waals surface area contributed by atoms with Crippen molar-refractivity contribution in [1.29, 1.82) is 0 Å². The lowest BCUT2D eigenvalue weighted by Gasteiger charge is -2.20. The molecule has 8 unspecified atom stereocenters. The number of aromatic nitrogens is 12. The number of nitrogens with one attached hydrogen (secondary N) is 2. The van der Waals surface area contributed by atoms with E-state index < -0.39 is 184 Å². The highest BCUT2D eigenvalue weighted by Crippen LogP contribution is 2.42. The normalized spacial score (nSPS) is 29.9. The van der Waals surface area contributed by atoms with Crippen molar-refractivity contribution in [2.24, 2.45) is 22.1 Å². The SMILES string of the molecule is Cc1cn([C@@H]2O[C@H](COP(=O)([O-])O)C(O)[C@@H]2N=[N+]=[N-])c(=O)[nH]c1=O.Nc1ncnc2c1ncn2[C@@H]1O[C@H](COP(=O)([O-])O)C(O)[C@@H]1S.[2H]C([2H])[C@H]1C(O)[C@@H](COP(=O)([O-])O)O[C@H]1n1cnc2c(=O)[nH]c(N)nc21.[N-]=[N+]=N[13CH2][C@H]1C(O)[C@@H](COP(=O)([O-])O)O[C@H]1n1ccc(N)nc1=O. The summed E-state index contributed by atoms with van der Waals surface area (Å²) >= 11 is 4.28. The molecule has 10 heterocycles. The van der Waals surface area contributed by atoms with E-state index in [9.17, 15) is 77.4 Å². The summed E-state index contributed by atoms with van der Waals surface area (Å²) in [7, 11) is -20.0. The third kappa shape index (κ3) is 19.2. The fraction of sp³-hybridized carbons (Fsp3) is 0.561. The van der Waals surface area contributed by atoms with Crippen molar-refractivity contribution in [2.75, 3.05) is 50.2 Å². The smallest absolute Gasteiger partial charge is 0.351 e. The maximum atomic E-state index is 11.9. The van der Waals surface area contributed by atoms with Crippen LogP contribution in [0.2, 0.25) is 0 Å². The van der Waals surface area contributed by atoms with E-state index in [0.29, 0.717) is 11.2 Å². The largest absolute Gasteiger partial charge is 0.756 e. The van der Waals surface area contributed by atoms with E-state index in [1.54, 1.807) is 0 Å². The highest BCUT2D eigenvalue weighted by molar-refractivity contribution is 7.81. The standard InChI is InChI=1S/C11H16N5O7P.C10H15N6O7P.C10H14N5O8P.C10H14N5O6PS/c1-4-7(17)5(2-22-24(19,20)21)23-10(4)16-3-13-6-8(16)14-11(12)15-9(6)18;11-7-1-2-16(10(18)14-7)9-5(3-13-15-12)8(17)6(23-9)4-22-24(19,20)21;1-4-2-15(10(18)12-8(4)17)9-6(13-14-11)7(16)5(23-9)3-22-24(19,20)21;11-8-5-9(13-2-12-8)15(3-14-5)10-7(23)6(16)4(21-10)1-20-22(17,18)19/h3-5,7,10,17H,2H2,1H3,(H2,19,20,21)(H3,12,14,15,18);1-2,5-6,8-9,17H,3-4H2,(H2,11,14,18)(H2,19,20,21);2,5-7,9,16H,3H2,1H3,(H,12,17,18)(H2,19,20,21);2-4,6-7,10,16,23H,1H2,(H2,11,12,13)(H2,17,18,19)/p-4/t4-,5+,7?,10+;5-,6+,8?,9+;5-,6+,7?,9-;4-,6?,7+,10-/m0011/s1/i1D2;3+1;;. The Balaban J connectivity index is 0.000000182. The number of imidazole rings is 2. The quantitative estimate of drug-likeness (QED) is 0.00895. The number of phosphoric acid groups is 4. The minimum atomic E-state index is -5.06. The Kier molecular flexibility index (Phi) is 23.6. The molecule has 522 valence electrons. The van der Waals surface area contributed by atoms with Crippen LogP contribution in [-0.4, -0.2) is 191 Å². The zero-order chi connectivity index (χ0) is 72.0. The summed E-state index contributed by atoms with van der Waals surface area (Å²) in [4.78, 5) is 157. The lowest BCUT2D eigenvalue weighted by atomic mass is 10.0. The van der Waals surface area contributed by atoms with E-state index in [1.807, 2.05) is 4.98 Å². The van der Waals surface area contributed by atoms with Gasteiger partial charge in [-0.05, 0) is 24.1 Å². The number of nitrogens with zero attached hydrogens (tertiary/aromatic N) is 16. The van der Waals surface area contributed by atoms with Crippen LogP contribution in [0.25, 0.3) is 43.2 Å². The second-order valence-corrected chi connectivity index (χ2v) is 25.4. The van der Waals surface area contributed by atoms with Gasteiger partial charge in [-0.15, -0.1) is 0 Å². The molecule has 54 heteroatoms. The molecule has 4 fully saturated rings. The number of azide groups is 2. The third-order valence-electron chi connectivity index (χ3n) is 13.7. The number of hydrogen-bond donors (Lipinski definition) is 14. The first-order chi connectivity index (χ1) is 45.2. The van der Waals surface area contributed by atoms with Crippen LogP contribution in [0.1, 0.15) is 40.1 Å². The molecule has 6 aromatic heterocycles. The molecule has 49 nitrogen and oxygen atoms in total. The van der Waals surface area contributed by atoms with Gasteiger partial charge in [0.25, 0.3) is 42.4 Å². The molecule has 16 N–H and O–H groups in total. The Bertz CT molecular complexity index is 4330. The summed E-state index contributed by atoms with van der Waals surface area (Å²) in [5, 5.41) is 46.7. The Labute approximate surface area is 534 Å². The van der Waals surface area contributed by atoms with Gasteiger partial charge in [-0.3, -0.25) is 56.1 Å². The van der Waals surface area contributed by atoms with Crippen molar-refractivity contribution in [1.82, 2.24) is 58.1 Å². The molecule has 0 bridgehead atoms. The van der Waals surface area contributed by atoms with Gasteiger partial charge in [0.2, 0.25) is 5.95 Å². The maximum Gasteiger partial charge on any atom is 0.351 e. The molecule has 4 saturated heterocycles. The summed E-state index contributed by atoms with van der Waals surface area (Å²) in [5.74, 6) is -2.04. The van der Waals surface area contributed by atoms with E-state index in [4.69, 9.17) is 69.5 Å². The van der Waals surface area contributed by atoms with Gasteiger partial charge < -0.3 is 114 Å². The molecule has 6 aromatic rings. The first-order valence-electron chi connectivity index (χ1n) is 27.4. The number of aliphatic hydroxyl groups excluding tert-OH is 4. The number of ether oxygens (including phenoxy) is 4. The summed E-state index contributed by atoms with van der Waals surface area (Å²) < 4.78 is 101. The number of aryl methyl sites for hydroxylation is 1. The molecular formula is C41H55N21O28P4S-4. The van der Waals surface area contributed by atoms with Crippen LogP contribution in [0.15, 0.2) is 66.8 Å². The molecule has 10 rings (SSSR count). The van der Waals surface area contributed by atoms with E-state index in [2.05, 4.69) is 85.7 Å². The number of anilines is 3. The highest BCUT2D eigenvalue weighted by atomic mass is 32.1. The molecule has 4 aliphatic heterocycles. The van der Waals surface area contributed by atoms with Gasteiger partial charge in [0.05, 0.1) is 68.7 Å². The molecular weight excluding hydrogens is 1390 g/mol. The van der Waals surface area contributed by atoms with Crippen molar-refractivity contribution in [2.45, 2.75) is 98.8 Å². The minimum absolute atomic E-state index is 0.00678. The first kappa shape index (κ1) is 72.2. The predicted octanol–water partition coefficient (Wildman–Crippen LogP) is -6.74. The molecule has 0 radical (unpaired) electrons. The lowest BCUT2D eigenvalue weighted by Crippen LogP contribution is -2.37. The third-order valence-corrected chi connectivity index (χ3v) is 16.1. The number of aromatic amines is 2. The number of H-pyrrole nitrogens is 2. The van der Waals surface area contributed by atoms with Gasteiger partial charge >= 0.3 is 11.4 Å². The summed E-state index contributed by atoms with van der Waals surface area (Å²) in [5.41, 5.74) is 31.6. The molecule has 20 atom stereocenters. The molecule has 0 aliphatic carbocycles. The Morgan fingerprint density at radius 1 is 0.674 bits per heavy atom.